The van der Waals surface area contributed by atoms with E-state index in [0.29, 0.717) is 26.3 Å². The van der Waals surface area contributed by atoms with Gasteiger partial charge in [-0.1, -0.05) is 6.07 Å². The van der Waals surface area contributed by atoms with Gasteiger partial charge in [0.15, 0.2) is 0 Å². The van der Waals surface area contributed by atoms with Crippen LogP contribution < -0.4 is 11.2 Å². The fraction of sp³-hybridized carbons (Fsp3) is 0.417. The third-order valence-electron chi connectivity index (χ3n) is 2.93. The zero-order chi connectivity index (χ0) is 14.8. The van der Waals surface area contributed by atoms with E-state index in [1.807, 2.05) is 0 Å². The van der Waals surface area contributed by atoms with E-state index in [4.69, 9.17) is 10.5 Å². The number of nitrogens with zero attached hydrogens (tertiary/aromatic N) is 1. The van der Waals surface area contributed by atoms with E-state index in [2.05, 4.69) is 5.43 Å². The van der Waals surface area contributed by atoms with Gasteiger partial charge < -0.3 is 10.5 Å². The molecule has 1 aromatic rings. The van der Waals surface area contributed by atoms with Gasteiger partial charge in [-0.3, -0.25) is 10.2 Å². The molecular weight excluding hydrogens is 275 g/mol. The number of carbonyl (C=O) groups is 1. The number of hydrogen-bond acceptors (Lipinski definition) is 4. The maximum atomic E-state index is 12.7. The van der Waals surface area contributed by atoms with Crippen molar-refractivity contribution in [1.29, 1.82) is 0 Å². The van der Waals surface area contributed by atoms with Crippen molar-refractivity contribution in [2.75, 3.05) is 32.0 Å². The van der Waals surface area contributed by atoms with Crippen molar-refractivity contribution in [1.82, 2.24) is 10.4 Å². The normalized spacial score (nSPS) is 16.9. The molecule has 0 bridgehead atoms. The second-order valence-corrected chi connectivity index (χ2v) is 4.30. The van der Waals surface area contributed by atoms with Crippen molar-refractivity contribution in [3.05, 3.63) is 29.3 Å². The maximum Gasteiger partial charge on any atom is 0.418 e. The summed E-state index contributed by atoms with van der Waals surface area (Å²) >= 11 is 0. The van der Waals surface area contributed by atoms with Crippen LogP contribution >= 0.6 is 0 Å². The van der Waals surface area contributed by atoms with Crippen molar-refractivity contribution in [2.24, 2.45) is 0 Å². The fourth-order valence-electron chi connectivity index (χ4n) is 1.89. The van der Waals surface area contributed by atoms with Gasteiger partial charge in [-0.15, -0.1) is 0 Å². The number of anilines is 1. The number of para-hydroxylation sites is 1. The quantitative estimate of drug-likeness (QED) is 0.804. The average Bonchev–Trinajstić information content (AvgIpc) is 2.38. The van der Waals surface area contributed by atoms with Gasteiger partial charge in [0.1, 0.15) is 0 Å². The summed E-state index contributed by atoms with van der Waals surface area (Å²) in [5, 5.41) is 1.59. The summed E-state index contributed by atoms with van der Waals surface area (Å²) in [5.41, 5.74) is 6.21. The second kappa shape index (κ2) is 5.68. The molecule has 1 aliphatic rings. The Morgan fingerprint density at radius 1 is 1.30 bits per heavy atom. The SMILES string of the molecule is Nc1c(C(=O)NN2CCOCC2)cccc1C(F)(F)F. The van der Waals surface area contributed by atoms with E-state index < -0.39 is 23.3 Å². The molecule has 5 nitrogen and oxygen atoms in total. The number of nitrogens with one attached hydrogen (secondary N) is 1. The van der Waals surface area contributed by atoms with Crippen molar-refractivity contribution >= 4 is 11.6 Å². The number of halogens is 3. The maximum absolute atomic E-state index is 12.7. The molecular formula is C12H14F3N3O2. The Labute approximate surface area is 113 Å². The fourth-order valence-corrected chi connectivity index (χ4v) is 1.89. The van der Waals surface area contributed by atoms with Crippen LogP contribution in [0.25, 0.3) is 0 Å². The molecule has 0 spiro atoms. The van der Waals surface area contributed by atoms with E-state index in [1.165, 1.54) is 6.07 Å². The highest BCUT2D eigenvalue weighted by molar-refractivity contribution is 5.99. The number of rotatable bonds is 2. The number of nitrogen functional groups attached to an aromatic ring is 1. The van der Waals surface area contributed by atoms with Crippen molar-refractivity contribution in [2.45, 2.75) is 6.18 Å². The summed E-state index contributed by atoms with van der Waals surface area (Å²) in [4.78, 5) is 12.0. The molecule has 1 fully saturated rings. The lowest BCUT2D eigenvalue weighted by molar-refractivity contribution is -0.136. The van der Waals surface area contributed by atoms with Gasteiger partial charge in [-0.05, 0) is 12.1 Å². The van der Waals surface area contributed by atoms with Crippen molar-refractivity contribution < 1.29 is 22.7 Å². The zero-order valence-corrected chi connectivity index (χ0v) is 10.5. The molecule has 0 saturated carbocycles. The Bertz CT molecular complexity index is 499. The second-order valence-electron chi connectivity index (χ2n) is 4.30. The molecule has 2 rings (SSSR count). The molecule has 1 amide bonds. The highest BCUT2D eigenvalue weighted by Gasteiger charge is 2.34. The third-order valence-corrected chi connectivity index (χ3v) is 2.93. The number of amides is 1. The van der Waals surface area contributed by atoms with E-state index in [9.17, 15) is 18.0 Å². The highest BCUT2D eigenvalue weighted by atomic mass is 19.4. The van der Waals surface area contributed by atoms with E-state index >= 15 is 0 Å². The molecule has 110 valence electrons. The van der Waals surface area contributed by atoms with Crippen LogP contribution in [-0.4, -0.2) is 37.2 Å². The van der Waals surface area contributed by atoms with Crippen LogP contribution in [-0.2, 0) is 10.9 Å². The van der Waals surface area contributed by atoms with Gasteiger partial charge in [0.2, 0.25) is 0 Å². The van der Waals surface area contributed by atoms with E-state index in [-0.39, 0.29) is 5.56 Å². The highest BCUT2D eigenvalue weighted by Crippen LogP contribution is 2.34. The minimum Gasteiger partial charge on any atom is -0.398 e. The zero-order valence-electron chi connectivity index (χ0n) is 10.5. The van der Waals surface area contributed by atoms with Gasteiger partial charge in [-0.2, -0.15) is 13.2 Å². The first kappa shape index (κ1) is 14.6. The van der Waals surface area contributed by atoms with Crippen LogP contribution in [0.5, 0.6) is 0 Å². The van der Waals surface area contributed by atoms with Gasteiger partial charge >= 0.3 is 6.18 Å². The van der Waals surface area contributed by atoms with Crippen LogP contribution in [0.2, 0.25) is 0 Å². The van der Waals surface area contributed by atoms with E-state index in [1.54, 1.807) is 5.01 Å². The molecule has 8 heteroatoms. The molecule has 1 saturated heterocycles. The van der Waals surface area contributed by atoms with Gasteiger partial charge in [0.05, 0.1) is 30.0 Å². The smallest absolute Gasteiger partial charge is 0.398 e. The number of nitrogens with two attached hydrogens (primary N) is 1. The number of ether oxygens (including phenoxy) is 1. The van der Waals surface area contributed by atoms with Crippen LogP contribution in [0.15, 0.2) is 18.2 Å². The Kier molecular flexibility index (Phi) is 4.15. The monoisotopic (exact) mass is 289 g/mol. The van der Waals surface area contributed by atoms with Crippen LogP contribution in [0, 0.1) is 0 Å². The predicted octanol–water partition coefficient (Wildman–Crippen LogP) is 1.26. The molecule has 0 aromatic heterocycles. The van der Waals surface area contributed by atoms with Crippen molar-refractivity contribution in [3.63, 3.8) is 0 Å². The largest absolute Gasteiger partial charge is 0.418 e. The molecule has 1 aliphatic heterocycles. The summed E-state index contributed by atoms with van der Waals surface area (Å²) < 4.78 is 43.2. The first-order valence-electron chi connectivity index (χ1n) is 5.99. The van der Waals surface area contributed by atoms with Crippen LogP contribution in [0.3, 0.4) is 0 Å². The lowest BCUT2D eigenvalue weighted by Crippen LogP contribution is -2.48. The summed E-state index contributed by atoms with van der Waals surface area (Å²) in [6.07, 6.45) is -4.58. The molecule has 0 atom stereocenters. The Hall–Kier alpha value is -1.80. The molecule has 0 radical (unpaired) electrons. The lowest BCUT2D eigenvalue weighted by atomic mass is 10.1. The molecule has 1 aromatic carbocycles. The third kappa shape index (κ3) is 3.20. The van der Waals surface area contributed by atoms with E-state index in [0.717, 1.165) is 12.1 Å². The Balaban J connectivity index is 2.17. The first-order valence-corrected chi connectivity index (χ1v) is 5.99. The molecule has 0 aliphatic carbocycles. The topological polar surface area (TPSA) is 67.6 Å². The van der Waals surface area contributed by atoms with Crippen LogP contribution in [0.4, 0.5) is 18.9 Å². The Morgan fingerprint density at radius 3 is 2.55 bits per heavy atom. The molecule has 3 N–H and O–H groups in total. The number of morpholine rings is 1. The van der Waals surface area contributed by atoms with Crippen molar-refractivity contribution in [3.8, 4) is 0 Å². The number of hydrazine groups is 1. The van der Waals surface area contributed by atoms with Gasteiger partial charge in [0, 0.05) is 13.1 Å². The number of benzene rings is 1. The summed E-state index contributed by atoms with van der Waals surface area (Å²) in [6, 6.07) is 3.27. The molecule has 20 heavy (non-hydrogen) atoms. The minimum absolute atomic E-state index is 0.189. The average molecular weight is 289 g/mol. The van der Waals surface area contributed by atoms with Crippen LogP contribution in [0.1, 0.15) is 15.9 Å². The molecule has 1 heterocycles. The predicted molar refractivity (Wildman–Crippen MR) is 65.7 cm³/mol. The minimum atomic E-state index is -4.58. The van der Waals surface area contributed by atoms with Gasteiger partial charge in [0.25, 0.3) is 5.91 Å². The van der Waals surface area contributed by atoms with Gasteiger partial charge in [-0.25, -0.2) is 5.01 Å². The number of carbonyl (C=O) groups excluding carboxylic acids is 1. The molecule has 0 unspecified atom stereocenters. The number of alkyl halides is 3. The summed E-state index contributed by atoms with van der Waals surface area (Å²) in [5.74, 6) is -0.657. The first-order chi connectivity index (χ1) is 9.39. The number of hydrogen-bond donors (Lipinski definition) is 2. The summed E-state index contributed by atoms with van der Waals surface area (Å²) in [7, 11) is 0. The lowest BCUT2D eigenvalue weighted by Gasteiger charge is -2.27. The summed E-state index contributed by atoms with van der Waals surface area (Å²) in [6.45, 7) is 1.87. The Morgan fingerprint density at radius 2 is 1.95 bits per heavy atom. The standard InChI is InChI=1S/C12H14F3N3O2/c13-12(14,15)9-3-1-2-8(10(9)16)11(19)17-18-4-6-20-7-5-18/h1-3H,4-7,16H2,(H,17,19).